The van der Waals surface area contributed by atoms with Crippen molar-refractivity contribution in [1.82, 2.24) is 14.7 Å². The van der Waals surface area contributed by atoms with Gasteiger partial charge in [-0.2, -0.15) is 5.10 Å². The fourth-order valence-corrected chi connectivity index (χ4v) is 3.50. The van der Waals surface area contributed by atoms with Crippen molar-refractivity contribution < 1.29 is 9.53 Å². The molecule has 0 aliphatic carbocycles. The zero-order valence-electron chi connectivity index (χ0n) is 14.7. The molecule has 3 aromatic rings. The minimum atomic E-state index is 0.0329. The summed E-state index contributed by atoms with van der Waals surface area (Å²) in [5.74, 6) is 0.860. The van der Waals surface area contributed by atoms with Gasteiger partial charge in [-0.3, -0.25) is 4.79 Å². The van der Waals surface area contributed by atoms with Gasteiger partial charge in [-0.15, -0.1) is 0 Å². The standard InChI is InChI=1S/C21H21N3O2/c1-26-19-11-9-16(10-12-19)20-8-5-13-23(20)21(25)17-14-22-24(15-17)18-6-3-2-4-7-18/h2-4,6-7,9-12,14-15,20H,5,8,13H2,1H3. The molecule has 1 atom stereocenters. The summed E-state index contributed by atoms with van der Waals surface area (Å²) in [7, 11) is 1.66. The molecule has 2 aromatic carbocycles. The Labute approximate surface area is 152 Å². The van der Waals surface area contributed by atoms with Gasteiger partial charge in [-0.25, -0.2) is 4.68 Å². The molecule has 1 saturated heterocycles. The number of hydrogen-bond donors (Lipinski definition) is 0. The summed E-state index contributed by atoms with van der Waals surface area (Å²) in [4.78, 5) is 15.0. The van der Waals surface area contributed by atoms with Crippen LogP contribution in [0.2, 0.25) is 0 Å². The molecular formula is C21H21N3O2. The second-order valence-corrected chi connectivity index (χ2v) is 6.44. The highest BCUT2D eigenvalue weighted by molar-refractivity contribution is 5.94. The Hall–Kier alpha value is -3.08. The number of carbonyl (C=O) groups is 1. The molecule has 0 bridgehead atoms. The molecule has 0 N–H and O–H groups in total. The molecule has 1 fully saturated rings. The van der Waals surface area contributed by atoms with Crippen molar-refractivity contribution >= 4 is 5.91 Å². The van der Waals surface area contributed by atoms with Crippen LogP contribution in [-0.2, 0) is 0 Å². The number of aromatic nitrogens is 2. The average Bonchev–Trinajstić information content (AvgIpc) is 3.38. The largest absolute Gasteiger partial charge is 0.497 e. The van der Waals surface area contributed by atoms with Crippen LogP contribution >= 0.6 is 0 Å². The zero-order chi connectivity index (χ0) is 17.9. The van der Waals surface area contributed by atoms with Crippen molar-refractivity contribution in [3.63, 3.8) is 0 Å². The molecule has 1 aromatic heterocycles. The Balaban J connectivity index is 1.56. The van der Waals surface area contributed by atoms with E-state index in [0.29, 0.717) is 5.56 Å². The summed E-state index contributed by atoms with van der Waals surface area (Å²) in [5, 5.41) is 4.35. The molecule has 132 valence electrons. The third-order valence-corrected chi connectivity index (χ3v) is 4.86. The van der Waals surface area contributed by atoms with E-state index in [2.05, 4.69) is 5.10 Å². The van der Waals surface area contributed by atoms with E-state index in [-0.39, 0.29) is 11.9 Å². The van der Waals surface area contributed by atoms with Crippen molar-refractivity contribution in [3.8, 4) is 11.4 Å². The predicted molar refractivity (Wildman–Crippen MR) is 99.6 cm³/mol. The van der Waals surface area contributed by atoms with Crippen molar-refractivity contribution in [2.45, 2.75) is 18.9 Å². The fraction of sp³-hybridized carbons (Fsp3) is 0.238. The summed E-state index contributed by atoms with van der Waals surface area (Å²) < 4.78 is 6.97. The van der Waals surface area contributed by atoms with Crippen LogP contribution in [0.3, 0.4) is 0 Å². The normalized spacial score (nSPS) is 16.7. The maximum atomic E-state index is 13.0. The van der Waals surface area contributed by atoms with Gasteiger partial charge in [0.15, 0.2) is 0 Å². The Kier molecular flexibility index (Phi) is 4.44. The highest BCUT2D eigenvalue weighted by Gasteiger charge is 2.31. The van der Waals surface area contributed by atoms with Gasteiger partial charge in [0, 0.05) is 12.7 Å². The van der Waals surface area contributed by atoms with Crippen molar-refractivity contribution in [2.24, 2.45) is 0 Å². The van der Waals surface area contributed by atoms with Gasteiger partial charge >= 0.3 is 0 Å². The van der Waals surface area contributed by atoms with Gasteiger partial charge in [0.1, 0.15) is 5.75 Å². The lowest BCUT2D eigenvalue weighted by Gasteiger charge is -2.24. The number of ether oxygens (including phenoxy) is 1. The molecule has 1 amide bonds. The molecule has 5 heteroatoms. The van der Waals surface area contributed by atoms with Gasteiger partial charge in [0.05, 0.1) is 30.6 Å². The van der Waals surface area contributed by atoms with E-state index in [9.17, 15) is 4.79 Å². The van der Waals surface area contributed by atoms with Crippen LogP contribution in [0.1, 0.15) is 34.8 Å². The van der Waals surface area contributed by atoms with E-state index in [0.717, 1.165) is 36.4 Å². The minimum Gasteiger partial charge on any atom is -0.497 e. The van der Waals surface area contributed by atoms with Crippen LogP contribution in [0.15, 0.2) is 67.0 Å². The molecule has 1 aliphatic rings. The van der Waals surface area contributed by atoms with Crippen molar-refractivity contribution in [1.29, 1.82) is 0 Å². The SMILES string of the molecule is COc1ccc(C2CCCN2C(=O)c2cnn(-c3ccccc3)c2)cc1. The molecule has 0 radical (unpaired) electrons. The number of rotatable bonds is 4. The molecular weight excluding hydrogens is 326 g/mol. The second-order valence-electron chi connectivity index (χ2n) is 6.44. The molecule has 1 aliphatic heterocycles. The summed E-state index contributed by atoms with van der Waals surface area (Å²) >= 11 is 0. The molecule has 2 heterocycles. The van der Waals surface area contributed by atoms with E-state index in [1.165, 1.54) is 0 Å². The summed E-state index contributed by atoms with van der Waals surface area (Å²) in [5.41, 5.74) is 2.71. The Morgan fingerprint density at radius 2 is 1.88 bits per heavy atom. The Morgan fingerprint density at radius 3 is 2.62 bits per heavy atom. The second kappa shape index (κ2) is 7.04. The van der Waals surface area contributed by atoms with Crippen LogP contribution in [0, 0.1) is 0 Å². The summed E-state index contributed by atoms with van der Waals surface area (Å²) in [6.45, 7) is 0.770. The van der Waals surface area contributed by atoms with Gasteiger partial charge in [0.25, 0.3) is 5.91 Å². The van der Waals surface area contributed by atoms with Crippen molar-refractivity contribution in [3.05, 3.63) is 78.1 Å². The smallest absolute Gasteiger partial charge is 0.257 e. The molecule has 0 spiro atoms. The molecule has 0 saturated carbocycles. The molecule has 5 nitrogen and oxygen atoms in total. The lowest BCUT2D eigenvalue weighted by Crippen LogP contribution is -2.30. The van der Waals surface area contributed by atoms with E-state index >= 15 is 0 Å². The first-order valence-corrected chi connectivity index (χ1v) is 8.81. The quantitative estimate of drug-likeness (QED) is 0.720. The predicted octanol–water partition coefficient (Wildman–Crippen LogP) is 3.86. The van der Waals surface area contributed by atoms with Crippen LogP contribution in [-0.4, -0.2) is 34.2 Å². The first-order chi connectivity index (χ1) is 12.8. The third-order valence-electron chi connectivity index (χ3n) is 4.86. The lowest BCUT2D eigenvalue weighted by atomic mass is 10.0. The van der Waals surface area contributed by atoms with E-state index in [1.54, 1.807) is 24.2 Å². The highest BCUT2D eigenvalue weighted by Crippen LogP contribution is 2.33. The summed E-state index contributed by atoms with van der Waals surface area (Å²) in [6.07, 6.45) is 5.44. The number of hydrogen-bond acceptors (Lipinski definition) is 3. The number of amides is 1. The van der Waals surface area contributed by atoms with Gasteiger partial charge in [-0.05, 0) is 42.7 Å². The average molecular weight is 347 g/mol. The summed E-state index contributed by atoms with van der Waals surface area (Å²) in [6, 6.07) is 17.9. The van der Waals surface area contributed by atoms with Crippen LogP contribution in [0.5, 0.6) is 5.75 Å². The van der Waals surface area contributed by atoms with Crippen molar-refractivity contribution in [2.75, 3.05) is 13.7 Å². The number of likely N-dealkylation sites (tertiary alicyclic amines) is 1. The number of nitrogens with zero attached hydrogens (tertiary/aromatic N) is 3. The number of carbonyl (C=O) groups excluding carboxylic acids is 1. The van der Waals surface area contributed by atoms with E-state index < -0.39 is 0 Å². The Bertz CT molecular complexity index is 887. The zero-order valence-corrected chi connectivity index (χ0v) is 14.7. The maximum absolute atomic E-state index is 13.0. The van der Waals surface area contributed by atoms with E-state index in [4.69, 9.17) is 4.74 Å². The number of benzene rings is 2. The minimum absolute atomic E-state index is 0.0329. The van der Waals surface area contributed by atoms with E-state index in [1.807, 2.05) is 59.5 Å². The molecule has 4 rings (SSSR count). The number of methoxy groups -OCH3 is 1. The van der Waals surface area contributed by atoms with Gasteiger partial charge in [0.2, 0.25) is 0 Å². The number of para-hydroxylation sites is 1. The van der Waals surface area contributed by atoms with Crippen LogP contribution < -0.4 is 4.74 Å². The Morgan fingerprint density at radius 1 is 1.12 bits per heavy atom. The lowest BCUT2D eigenvalue weighted by molar-refractivity contribution is 0.0735. The first-order valence-electron chi connectivity index (χ1n) is 8.81. The molecule has 1 unspecified atom stereocenters. The highest BCUT2D eigenvalue weighted by atomic mass is 16.5. The first kappa shape index (κ1) is 16.4. The third kappa shape index (κ3) is 3.08. The maximum Gasteiger partial charge on any atom is 0.257 e. The van der Waals surface area contributed by atoms with Crippen LogP contribution in [0.25, 0.3) is 5.69 Å². The van der Waals surface area contributed by atoms with Gasteiger partial charge < -0.3 is 9.64 Å². The van der Waals surface area contributed by atoms with Gasteiger partial charge in [-0.1, -0.05) is 30.3 Å². The van der Waals surface area contributed by atoms with Crippen LogP contribution in [0.4, 0.5) is 0 Å². The fourth-order valence-electron chi connectivity index (χ4n) is 3.50. The topological polar surface area (TPSA) is 47.4 Å². The molecule has 26 heavy (non-hydrogen) atoms. The monoisotopic (exact) mass is 347 g/mol.